The van der Waals surface area contributed by atoms with Crippen molar-refractivity contribution in [1.82, 2.24) is 0 Å². The molecule has 0 saturated carbocycles. The Labute approximate surface area is 88.4 Å². The van der Waals surface area contributed by atoms with Crippen LogP contribution < -0.4 is 15.3 Å². The van der Waals surface area contributed by atoms with Gasteiger partial charge in [-0.1, -0.05) is 0 Å². The second-order valence-electron chi connectivity index (χ2n) is 0.742. The molecule has 0 heterocycles. The Bertz CT molecular complexity index is 72.9. The van der Waals surface area contributed by atoms with Crippen molar-refractivity contribution in [3.8, 4) is 0 Å². The van der Waals surface area contributed by atoms with E-state index in [0.717, 1.165) is 6.92 Å². The zero-order valence-corrected chi connectivity index (χ0v) is 7.61. The molecule has 0 aliphatic heterocycles. The Morgan fingerprint density at radius 2 is 1.00 bits per heavy atom. The van der Waals surface area contributed by atoms with Gasteiger partial charge in [0.05, 0.1) is 0 Å². The van der Waals surface area contributed by atoms with Gasteiger partial charge in [0.1, 0.15) is 0 Å². The van der Waals surface area contributed by atoms with E-state index in [1.165, 1.54) is 0 Å². The number of hydrogen-bond acceptors (Lipinski definition) is 5. The van der Waals surface area contributed by atoms with Crippen LogP contribution in [-0.2, 0) is 49.6 Å². The van der Waals surface area contributed by atoms with Gasteiger partial charge in [-0.2, -0.15) is 0 Å². The van der Waals surface area contributed by atoms with E-state index in [2.05, 4.69) is 0 Å². The molecule has 0 fully saturated rings. The van der Waals surface area contributed by atoms with Crippen molar-refractivity contribution in [2.45, 2.75) is 6.92 Å². The summed E-state index contributed by atoms with van der Waals surface area (Å²) in [4.78, 5) is 17.2. The van der Waals surface area contributed by atoms with Crippen LogP contribution in [0.25, 0.3) is 0 Å². The minimum absolute atomic E-state index is 0. The predicted octanol–water partition coefficient (Wildman–Crippen LogP) is -3.70. The van der Waals surface area contributed by atoms with Gasteiger partial charge in [0, 0.05) is 5.97 Å². The van der Waals surface area contributed by atoms with Crippen molar-refractivity contribution in [3.05, 3.63) is 0 Å². The topological polar surface area (TPSA) is 103 Å². The third-order valence-corrected chi connectivity index (χ3v) is 0. The van der Waals surface area contributed by atoms with Crippen molar-refractivity contribution >= 4 is 12.1 Å². The summed E-state index contributed by atoms with van der Waals surface area (Å²) in [5, 5.41) is 25.6. The summed E-state index contributed by atoms with van der Waals surface area (Å²) in [5.41, 5.74) is 0. The van der Waals surface area contributed by atoms with Crippen LogP contribution >= 0.6 is 0 Å². The molecule has 0 aliphatic carbocycles. The van der Waals surface area contributed by atoms with E-state index >= 15 is 0 Å². The zero-order chi connectivity index (χ0) is 7.15. The van der Waals surface area contributed by atoms with E-state index in [9.17, 15) is 0 Å². The molecule has 0 aliphatic rings. The van der Waals surface area contributed by atoms with Crippen molar-refractivity contribution in [2.24, 2.45) is 0 Å². The number of rotatable bonds is 0. The van der Waals surface area contributed by atoms with Gasteiger partial charge < -0.3 is 24.9 Å². The van der Waals surface area contributed by atoms with Gasteiger partial charge in [-0.05, 0) is 13.1 Å². The zero-order valence-electron chi connectivity index (χ0n) is 4.64. The third-order valence-electron chi connectivity index (χ3n) is 0. The fourth-order valence-electron chi connectivity index (χ4n) is 0. The number of carbonyl (C=O) groups excluding carboxylic acids is 2. The molecule has 0 unspecified atom stereocenters. The first-order valence-corrected chi connectivity index (χ1v) is 1.52. The maximum absolute atomic E-state index is 8.89. The molecule has 0 spiro atoms. The van der Waals surface area contributed by atoms with Gasteiger partial charge in [-0.25, -0.2) is 0 Å². The molecular formula is C3H3Ag2O5-. The van der Waals surface area contributed by atoms with E-state index in [1.54, 1.807) is 0 Å². The molecule has 0 aromatic heterocycles. The van der Waals surface area contributed by atoms with E-state index in [1.807, 2.05) is 0 Å². The minimum Gasteiger partial charge on any atom is -0.652 e. The van der Waals surface area contributed by atoms with Crippen LogP contribution in [-0.4, -0.2) is 12.1 Å². The SMILES string of the molecule is CC(=O)[O-].O=C([O-])[O-].[Ag+].[Ag+]. The van der Waals surface area contributed by atoms with Crippen molar-refractivity contribution in [3.63, 3.8) is 0 Å². The van der Waals surface area contributed by atoms with E-state index in [0.29, 0.717) is 0 Å². The maximum atomic E-state index is 8.89. The molecule has 7 heteroatoms. The summed E-state index contributed by atoms with van der Waals surface area (Å²) < 4.78 is 0. The van der Waals surface area contributed by atoms with Crippen LogP contribution in [0.15, 0.2) is 0 Å². The Morgan fingerprint density at radius 1 is 1.00 bits per heavy atom. The average Bonchev–Trinajstić information content (AvgIpc) is 1.25. The predicted molar refractivity (Wildman–Crippen MR) is 16.1 cm³/mol. The largest absolute Gasteiger partial charge is 1.00 e. The molecule has 5 nitrogen and oxygen atoms in total. The summed E-state index contributed by atoms with van der Waals surface area (Å²) in [6.45, 7) is 0.972. The first kappa shape index (κ1) is 22.5. The van der Waals surface area contributed by atoms with Crippen molar-refractivity contribution in [1.29, 1.82) is 0 Å². The fourth-order valence-corrected chi connectivity index (χ4v) is 0. The monoisotopic (exact) mass is 333 g/mol. The van der Waals surface area contributed by atoms with E-state index in [-0.39, 0.29) is 44.8 Å². The molecule has 68 valence electrons. The third kappa shape index (κ3) is 8810. The maximum Gasteiger partial charge on any atom is 1.00 e. The molecular weight excluding hydrogens is 332 g/mol. The van der Waals surface area contributed by atoms with Crippen molar-refractivity contribution < 1.29 is 69.7 Å². The number of carboxylic acids is 1. The van der Waals surface area contributed by atoms with Gasteiger partial charge in [-0.3, -0.25) is 0 Å². The standard InChI is InChI=1S/C2H4O2.CH2O3.2Ag/c1-2(3)4;2-1(3)4;;/h1H3,(H,3,4);(H2,2,3,4);;/q;;2*+1/p-3. The van der Waals surface area contributed by atoms with Crippen LogP contribution in [0.4, 0.5) is 4.79 Å². The Morgan fingerprint density at radius 3 is 1.00 bits per heavy atom. The molecule has 0 radical (unpaired) electrons. The Kier molecular flexibility index (Phi) is 36.2. The fraction of sp³-hybridized carbons (Fsp3) is 0.333. The van der Waals surface area contributed by atoms with Crippen LogP contribution in [0.5, 0.6) is 0 Å². The number of aliphatic carboxylic acids is 1. The number of carboxylic acid groups (broad SMARTS) is 3. The summed E-state index contributed by atoms with van der Waals surface area (Å²) >= 11 is 0. The summed E-state index contributed by atoms with van der Waals surface area (Å²) in [6, 6.07) is 0. The summed E-state index contributed by atoms with van der Waals surface area (Å²) in [5.74, 6) is -1.08. The molecule has 0 aromatic rings. The normalized spacial score (nSPS) is 4.90. The second kappa shape index (κ2) is 16.1. The van der Waals surface area contributed by atoms with Crippen LogP contribution in [0.2, 0.25) is 0 Å². The van der Waals surface area contributed by atoms with Crippen molar-refractivity contribution in [2.75, 3.05) is 0 Å². The Balaban J connectivity index is -0.0000000300. The molecule has 0 amide bonds. The second-order valence-corrected chi connectivity index (χ2v) is 0.742. The van der Waals surface area contributed by atoms with Crippen LogP contribution in [0.1, 0.15) is 6.92 Å². The molecule has 0 saturated heterocycles. The van der Waals surface area contributed by atoms with Gasteiger partial charge in [-0.15, -0.1) is 0 Å². The van der Waals surface area contributed by atoms with Crippen LogP contribution in [0.3, 0.4) is 0 Å². The molecule has 0 rings (SSSR count). The average molecular weight is 335 g/mol. The first-order chi connectivity index (χ1) is 3.46. The van der Waals surface area contributed by atoms with E-state index < -0.39 is 12.1 Å². The van der Waals surface area contributed by atoms with Gasteiger partial charge in [0.15, 0.2) is 0 Å². The van der Waals surface area contributed by atoms with E-state index in [4.69, 9.17) is 24.9 Å². The summed E-state index contributed by atoms with van der Waals surface area (Å²) in [7, 11) is 0. The molecule has 0 aromatic carbocycles. The Hall–Kier alpha value is 0.221. The van der Waals surface area contributed by atoms with Gasteiger partial charge in [0.2, 0.25) is 0 Å². The van der Waals surface area contributed by atoms with Crippen LogP contribution in [0, 0.1) is 0 Å². The molecule has 0 bridgehead atoms. The smallest absolute Gasteiger partial charge is 0.652 e. The summed E-state index contributed by atoms with van der Waals surface area (Å²) in [6.07, 6.45) is -2.33. The molecule has 0 N–H and O–H groups in total. The molecule has 10 heavy (non-hydrogen) atoms. The number of carbonyl (C=O) groups is 2. The minimum atomic E-state index is -2.33. The van der Waals surface area contributed by atoms with Gasteiger partial charge >= 0.3 is 44.8 Å². The quantitative estimate of drug-likeness (QED) is 0.424. The van der Waals surface area contributed by atoms with Gasteiger partial charge in [0.25, 0.3) is 0 Å². The first-order valence-electron chi connectivity index (χ1n) is 1.52. The number of hydrogen-bond donors (Lipinski definition) is 0. The molecule has 0 atom stereocenters.